The average Bonchev–Trinajstić information content (AvgIpc) is 3.44. The van der Waals surface area contributed by atoms with Crippen LogP contribution in [0.3, 0.4) is 0 Å². The quantitative estimate of drug-likeness (QED) is 0.170. The van der Waals surface area contributed by atoms with Crippen LogP contribution in [-0.2, 0) is 28.1 Å². The number of ether oxygens (including phenoxy) is 1. The van der Waals surface area contributed by atoms with Crippen LogP contribution in [0.1, 0.15) is 54.9 Å². The molecule has 1 aliphatic carbocycles. The van der Waals surface area contributed by atoms with E-state index in [1.807, 2.05) is 25.1 Å². The number of halogens is 2. The van der Waals surface area contributed by atoms with Crippen LogP contribution in [0.15, 0.2) is 91.0 Å². The number of nitrogens with two attached hydrogens (primary N) is 1. The van der Waals surface area contributed by atoms with Gasteiger partial charge in [0.1, 0.15) is 11.6 Å². The summed E-state index contributed by atoms with van der Waals surface area (Å²) in [5.74, 6) is -0.0317. The van der Waals surface area contributed by atoms with Crippen molar-refractivity contribution >= 4 is 40.9 Å². The molecule has 0 radical (unpaired) electrons. The van der Waals surface area contributed by atoms with Crippen LogP contribution >= 0.6 is 11.6 Å². The molecule has 2 aliphatic rings. The minimum Gasteiger partial charge on any atom is -0.455 e. The molecule has 0 atom stereocenters. The minimum atomic E-state index is -0.527. The van der Waals surface area contributed by atoms with E-state index in [2.05, 4.69) is 46.6 Å². The van der Waals surface area contributed by atoms with Gasteiger partial charge >= 0.3 is 0 Å². The van der Waals surface area contributed by atoms with Crippen molar-refractivity contribution in [2.75, 3.05) is 24.5 Å². The Morgan fingerprint density at radius 1 is 1.02 bits per heavy atom. The maximum atomic E-state index is 15.6. The molecule has 1 saturated heterocycles. The third-order valence-corrected chi connectivity index (χ3v) is 9.44. The fraction of sp³-hybridized carbons (Fsp3) is 0.282. The molecule has 4 aromatic carbocycles. The Kier molecular flexibility index (Phi) is 10.2. The molecule has 1 heterocycles. The van der Waals surface area contributed by atoms with Gasteiger partial charge in [-0.2, -0.15) is 0 Å². The maximum Gasteiger partial charge on any atom is 0.245 e. The van der Waals surface area contributed by atoms with Gasteiger partial charge in [0.25, 0.3) is 0 Å². The Balaban J connectivity index is 1.29. The lowest BCUT2D eigenvalue weighted by atomic mass is 9.74. The molecule has 6 rings (SSSR count). The number of hydrogen-bond donors (Lipinski definition) is 2. The molecule has 48 heavy (non-hydrogen) atoms. The van der Waals surface area contributed by atoms with Gasteiger partial charge in [-0.1, -0.05) is 73.1 Å². The molecule has 3 N–H and O–H groups in total. The summed E-state index contributed by atoms with van der Waals surface area (Å²) < 4.78 is 21.9. The van der Waals surface area contributed by atoms with E-state index in [1.54, 1.807) is 36.4 Å². The van der Waals surface area contributed by atoms with Gasteiger partial charge in [0.2, 0.25) is 11.8 Å². The highest BCUT2D eigenvalue weighted by atomic mass is 35.5. The normalized spacial score (nSPS) is 14.9. The zero-order valence-electron chi connectivity index (χ0n) is 27.1. The summed E-state index contributed by atoms with van der Waals surface area (Å²) in [7, 11) is 0. The topological polar surface area (TPSA) is 87.9 Å². The van der Waals surface area contributed by atoms with Gasteiger partial charge in [0.15, 0.2) is 5.75 Å². The van der Waals surface area contributed by atoms with Gasteiger partial charge in [-0.05, 0) is 85.4 Å². The standard InChI is InChI=1S/C39H40ClFN4O3/c1-2-6-37(46)43-25-29-11-13-31(23-34(29)41)45(35-14-12-30(40)22-36(35)48-32-9-5-7-27(21-32)24-42)38(47)26-44-19-17-39(18-20-44)16-15-28-8-3-4-10-33(28)39/h3-5,7-16,21-23H,2,6,17-20,24-26,42H2,1H3,(H,43,46). The van der Waals surface area contributed by atoms with E-state index in [0.29, 0.717) is 52.8 Å². The number of hydrogen-bond acceptors (Lipinski definition) is 5. The lowest BCUT2D eigenvalue weighted by Crippen LogP contribution is -2.45. The molecular weight excluding hydrogens is 627 g/mol. The first-order valence-electron chi connectivity index (χ1n) is 16.4. The summed E-state index contributed by atoms with van der Waals surface area (Å²) in [6.45, 7) is 3.91. The van der Waals surface area contributed by atoms with Crippen LogP contribution in [0.5, 0.6) is 11.5 Å². The highest BCUT2D eigenvalue weighted by Gasteiger charge is 2.38. The number of carbonyl (C=O) groups excluding carboxylic acids is 2. The van der Waals surface area contributed by atoms with E-state index in [9.17, 15) is 9.59 Å². The van der Waals surface area contributed by atoms with Crippen LogP contribution in [0.2, 0.25) is 5.02 Å². The fourth-order valence-corrected chi connectivity index (χ4v) is 6.77. The monoisotopic (exact) mass is 666 g/mol. The second-order valence-corrected chi connectivity index (χ2v) is 12.9. The molecule has 1 spiro atoms. The number of amides is 2. The first kappa shape index (κ1) is 33.4. The minimum absolute atomic E-state index is 0.0173. The first-order chi connectivity index (χ1) is 23.3. The van der Waals surface area contributed by atoms with Gasteiger partial charge < -0.3 is 15.8 Å². The summed E-state index contributed by atoms with van der Waals surface area (Å²) in [6.07, 6.45) is 7.39. The number of nitrogens with one attached hydrogen (secondary N) is 1. The highest BCUT2D eigenvalue weighted by molar-refractivity contribution is 6.31. The molecule has 248 valence electrons. The summed E-state index contributed by atoms with van der Waals surface area (Å²) in [5, 5.41) is 3.19. The van der Waals surface area contributed by atoms with Crippen LogP contribution in [0, 0.1) is 5.82 Å². The van der Waals surface area contributed by atoms with Gasteiger partial charge in [0.05, 0.1) is 17.9 Å². The van der Waals surface area contributed by atoms with E-state index in [1.165, 1.54) is 22.1 Å². The van der Waals surface area contributed by atoms with Crippen LogP contribution in [0.4, 0.5) is 15.8 Å². The number of fused-ring (bicyclic) bond motifs is 2. The van der Waals surface area contributed by atoms with Crippen molar-refractivity contribution in [1.29, 1.82) is 0 Å². The van der Waals surface area contributed by atoms with E-state index in [-0.39, 0.29) is 30.3 Å². The molecule has 0 bridgehead atoms. The van der Waals surface area contributed by atoms with E-state index in [0.717, 1.165) is 31.5 Å². The fourth-order valence-electron chi connectivity index (χ4n) is 6.61. The van der Waals surface area contributed by atoms with E-state index in [4.69, 9.17) is 22.1 Å². The van der Waals surface area contributed by atoms with Gasteiger partial charge in [0, 0.05) is 41.6 Å². The smallest absolute Gasteiger partial charge is 0.245 e. The third kappa shape index (κ3) is 7.31. The Labute approximate surface area is 286 Å². The molecule has 0 saturated carbocycles. The molecule has 1 aliphatic heterocycles. The van der Waals surface area contributed by atoms with Crippen LogP contribution in [-0.4, -0.2) is 36.3 Å². The molecule has 7 nitrogen and oxygen atoms in total. The highest BCUT2D eigenvalue weighted by Crippen LogP contribution is 2.44. The number of rotatable bonds is 11. The Morgan fingerprint density at radius 2 is 1.83 bits per heavy atom. The molecule has 1 fully saturated rings. The zero-order valence-corrected chi connectivity index (χ0v) is 27.8. The second-order valence-electron chi connectivity index (χ2n) is 12.5. The van der Waals surface area contributed by atoms with Crippen molar-refractivity contribution in [3.05, 3.63) is 124 Å². The Hall–Kier alpha value is -4.50. The number of anilines is 2. The maximum absolute atomic E-state index is 15.6. The number of nitrogens with zero attached hydrogens (tertiary/aromatic N) is 2. The summed E-state index contributed by atoms with van der Waals surface area (Å²) in [4.78, 5) is 30.1. The van der Waals surface area contributed by atoms with Gasteiger partial charge in [-0.25, -0.2) is 4.39 Å². The Morgan fingerprint density at radius 3 is 2.60 bits per heavy atom. The molecular formula is C39H40ClFN4O3. The number of likely N-dealkylation sites (tertiary alicyclic amines) is 1. The number of piperidine rings is 1. The second kappa shape index (κ2) is 14.7. The van der Waals surface area contributed by atoms with Gasteiger partial charge in [-0.15, -0.1) is 0 Å². The molecule has 9 heteroatoms. The molecule has 4 aromatic rings. The van der Waals surface area contributed by atoms with Crippen molar-refractivity contribution in [3.63, 3.8) is 0 Å². The SMILES string of the molecule is CCCC(=O)NCc1ccc(N(C(=O)CN2CCC3(C=Cc4ccccc43)CC2)c2ccc(Cl)cc2Oc2cccc(CN)c2)cc1F. The lowest BCUT2D eigenvalue weighted by Gasteiger charge is -2.39. The molecule has 0 aromatic heterocycles. The van der Waals surface area contributed by atoms with Crippen molar-refractivity contribution in [1.82, 2.24) is 10.2 Å². The number of benzene rings is 4. The molecule has 2 amide bonds. The average molecular weight is 667 g/mol. The predicted octanol–water partition coefficient (Wildman–Crippen LogP) is 7.87. The van der Waals surface area contributed by atoms with Crippen molar-refractivity contribution in [3.8, 4) is 11.5 Å². The number of carbonyl (C=O) groups is 2. The van der Waals surface area contributed by atoms with Crippen LogP contribution in [0.25, 0.3) is 6.08 Å². The Bertz CT molecular complexity index is 1840. The van der Waals surface area contributed by atoms with Crippen LogP contribution < -0.4 is 20.7 Å². The number of allylic oxidation sites excluding steroid dienone is 1. The van der Waals surface area contributed by atoms with E-state index >= 15 is 4.39 Å². The lowest BCUT2D eigenvalue weighted by molar-refractivity contribution is -0.121. The zero-order chi connectivity index (χ0) is 33.7. The predicted molar refractivity (Wildman–Crippen MR) is 189 cm³/mol. The van der Waals surface area contributed by atoms with Crippen molar-refractivity contribution in [2.24, 2.45) is 5.73 Å². The summed E-state index contributed by atoms with van der Waals surface area (Å²) in [6, 6.07) is 25.6. The van der Waals surface area contributed by atoms with Gasteiger partial charge in [-0.3, -0.25) is 19.4 Å². The molecule has 0 unspecified atom stereocenters. The summed E-state index contributed by atoms with van der Waals surface area (Å²) in [5.41, 5.74) is 10.4. The largest absolute Gasteiger partial charge is 0.455 e. The third-order valence-electron chi connectivity index (χ3n) is 9.21. The van der Waals surface area contributed by atoms with Crippen molar-refractivity contribution < 1.29 is 18.7 Å². The first-order valence-corrected chi connectivity index (χ1v) is 16.8. The van der Waals surface area contributed by atoms with Crippen molar-refractivity contribution in [2.45, 2.75) is 51.1 Å². The van der Waals surface area contributed by atoms with E-state index < -0.39 is 5.82 Å². The summed E-state index contributed by atoms with van der Waals surface area (Å²) >= 11 is 6.44.